The Morgan fingerprint density at radius 2 is 2.12 bits per heavy atom. The summed E-state index contributed by atoms with van der Waals surface area (Å²) in [5.74, 6) is 0.0804. The lowest BCUT2D eigenvalue weighted by Crippen LogP contribution is -2.28. The Labute approximate surface area is 142 Å². The molecule has 2 aromatic rings. The van der Waals surface area contributed by atoms with Crippen molar-refractivity contribution in [2.24, 2.45) is 10.2 Å². The van der Waals surface area contributed by atoms with Crippen LogP contribution >= 0.6 is 11.8 Å². The first-order chi connectivity index (χ1) is 11.7. The Hall–Kier alpha value is -2.87. The van der Waals surface area contributed by atoms with E-state index in [1.807, 2.05) is 18.2 Å². The molecule has 8 heteroatoms. The van der Waals surface area contributed by atoms with Crippen molar-refractivity contribution in [1.29, 1.82) is 0 Å². The summed E-state index contributed by atoms with van der Waals surface area (Å²) in [5.41, 5.74) is 0.697. The van der Waals surface area contributed by atoms with Gasteiger partial charge in [0.25, 0.3) is 0 Å². The van der Waals surface area contributed by atoms with Gasteiger partial charge in [-0.05, 0) is 24.3 Å². The van der Waals surface area contributed by atoms with Gasteiger partial charge in [-0.15, -0.1) is 5.10 Å². The molecule has 122 valence electrons. The largest absolute Gasteiger partial charge is 0.463 e. The molecular weight excluding hydrogens is 328 g/mol. The van der Waals surface area contributed by atoms with Crippen LogP contribution in [0.15, 0.2) is 63.3 Å². The number of nitrogens with zero attached hydrogens (tertiary/aromatic N) is 2. The van der Waals surface area contributed by atoms with E-state index in [0.717, 1.165) is 0 Å². The third-order valence-corrected chi connectivity index (χ3v) is 4.15. The molecule has 0 radical (unpaired) electrons. The van der Waals surface area contributed by atoms with Crippen molar-refractivity contribution in [3.05, 3.63) is 54.5 Å². The summed E-state index contributed by atoms with van der Waals surface area (Å²) in [4.78, 5) is 23.9. The molecule has 1 aliphatic rings. The number of hydrogen-bond donors (Lipinski definition) is 2. The number of amidine groups is 1. The van der Waals surface area contributed by atoms with E-state index in [1.165, 1.54) is 24.2 Å². The molecule has 2 heterocycles. The number of thioether (sulfide) groups is 1. The Morgan fingerprint density at radius 3 is 2.88 bits per heavy atom. The monoisotopic (exact) mass is 342 g/mol. The number of benzene rings is 1. The first kappa shape index (κ1) is 16.0. The van der Waals surface area contributed by atoms with Crippen molar-refractivity contribution in [1.82, 2.24) is 5.32 Å². The molecule has 2 N–H and O–H groups in total. The molecule has 1 aromatic carbocycles. The number of anilines is 1. The molecule has 2 amide bonds. The van der Waals surface area contributed by atoms with Crippen LogP contribution < -0.4 is 10.6 Å². The van der Waals surface area contributed by atoms with Gasteiger partial charge in [-0.1, -0.05) is 30.0 Å². The first-order valence-electron chi connectivity index (χ1n) is 7.17. The number of carbonyl (C=O) groups is 2. The zero-order valence-corrected chi connectivity index (χ0v) is 13.3. The maximum atomic E-state index is 12.0. The van der Waals surface area contributed by atoms with Gasteiger partial charge >= 0.3 is 0 Å². The standard InChI is InChI=1S/C16H14N4O3S/c21-14(18-11-5-2-1-3-6-11)9-13-15(22)19-16(24-13)20-17-10-12-7-4-8-23-12/h1-8,10,13H,9H2,(H,18,21)(H,19,20,22)/b17-10-. The summed E-state index contributed by atoms with van der Waals surface area (Å²) < 4.78 is 5.08. The Kier molecular flexibility index (Phi) is 5.07. The van der Waals surface area contributed by atoms with Gasteiger partial charge in [0.05, 0.1) is 12.5 Å². The molecule has 1 aromatic heterocycles. The maximum absolute atomic E-state index is 12.0. The second kappa shape index (κ2) is 7.60. The highest BCUT2D eigenvalue weighted by atomic mass is 32.2. The van der Waals surface area contributed by atoms with Crippen LogP contribution in [0.5, 0.6) is 0 Å². The van der Waals surface area contributed by atoms with Crippen molar-refractivity contribution in [3.8, 4) is 0 Å². The van der Waals surface area contributed by atoms with Gasteiger partial charge in [-0.2, -0.15) is 5.10 Å². The molecule has 7 nitrogen and oxygen atoms in total. The summed E-state index contributed by atoms with van der Waals surface area (Å²) in [5, 5.41) is 13.0. The van der Waals surface area contributed by atoms with Crippen molar-refractivity contribution < 1.29 is 14.0 Å². The highest BCUT2D eigenvalue weighted by molar-refractivity contribution is 8.15. The van der Waals surface area contributed by atoms with E-state index in [2.05, 4.69) is 20.8 Å². The predicted octanol–water partition coefficient (Wildman–Crippen LogP) is 2.23. The van der Waals surface area contributed by atoms with Gasteiger partial charge < -0.3 is 15.1 Å². The molecule has 1 atom stereocenters. The van der Waals surface area contributed by atoms with E-state index >= 15 is 0 Å². The molecule has 1 unspecified atom stereocenters. The summed E-state index contributed by atoms with van der Waals surface area (Å²) >= 11 is 1.18. The third-order valence-electron chi connectivity index (χ3n) is 3.08. The van der Waals surface area contributed by atoms with E-state index in [0.29, 0.717) is 16.6 Å². The number of para-hydroxylation sites is 1. The minimum absolute atomic E-state index is 0.0618. The van der Waals surface area contributed by atoms with Gasteiger partial charge in [-0.3, -0.25) is 9.59 Å². The molecule has 1 fully saturated rings. The molecule has 0 saturated carbocycles. The molecule has 1 saturated heterocycles. The van der Waals surface area contributed by atoms with Crippen molar-refractivity contribution in [3.63, 3.8) is 0 Å². The summed E-state index contributed by atoms with van der Waals surface area (Å²) in [6, 6.07) is 12.6. The van der Waals surface area contributed by atoms with Crippen molar-refractivity contribution in [2.75, 3.05) is 5.32 Å². The van der Waals surface area contributed by atoms with Crippen LogP contribution in [0.2, 0.25) is 0 Å². The fourth-order valence-electron chi connectivity index (χ4n) is 1.99. The van der Waals surface area contributed by atoms with E-state index in [9.17, 15) is 9.59 Å². The fraction of sp³-hybridized carbons (Fsp3) is 0.125. The predicted molar refractivity (Wildman–Crippen MR) is 92.9 cm³/mol. The van der Waals surface area contributed by atoms with E-state index in [4.69, 9.17) is 4.42 Å². The number of nitrogens with one attached hydrogen (secondary N) is 2. The quantitative estimate of drug-likeness (QED) is 0.643. The lowest BCUT2D eigenvalue weighted by Gasteiger charge is -2.06. The Bertz CT molecular complexity index is 772. The Morgan fingerprint density at radius 1 is 1.29 bits per heavy atom. The summed E-state index contributed by atoms with van der Waals surface area (Å²) in [6.45, 7) is 0. The molecule has 0 bridgehead atoms. The van der Waals surface area contributed by atoms with Crippen molar-refractivity contribution >= 4 is 40.6 Å². The normalized spacial score (nSPS) is 18.9. The Balaban J connectivity index is 1.54. The van der Waals surface area contributed by atoms with E-state index < -0.39 is 5.25 Å². The van der Waals surface area contributed by atoms with Crippen LogP contribution in [-0.2, 0) is 9.59 Å². The van der Waals surface area contributed by atoms with Crippen LogP contribution in [0.3, 0.4) is 0 Å². The number of furan rings is 1. The van der Waals surface area contributed by atoms with Crippen molar-refractivity contribution in [2.45, 2.75) is 11.7 Å². The number of amides is 2. The number of carbonyl (C=O) groups excluding carboxylic acids is 2. The molecule has 1 aliphatic heterocycles. The lowest BCUT2D eigenvalue weighted by atomic mass is 10.2. The minimum Gasteiger partial charge on any atom is -0.463 e. The maximum Gasteiger partial charge on any atom is 0.240 e. The SMILES string of the molecule is O=C(CC1S/C(=N/N=C\c2ccco2)NC1=O)Nc1ccccc1. The van der Waals surface area contributed by atoms with Gasteiger partial charge in [0.15, 0.2) is 5.17 Å². The molecule has 24 heavy (non-hydrogen) atoms. The average Bonchev–Trinajstić information content (AvgIpc) is 3.19. The number of rotatable bonds is 5. The molecular formula is C16H14N4O3S. The van der Waals surface area contributed by atoms with Crippen LogP contribution in [0.25, 0.3) is 0 Å². The van der Waals surface area contributed by atoms with Gasteiger partial charge in [0, 0.05) is 12.1 Å². The van der Waals surface area contributed by atoms with Gasteiger partial charge in [-0.25, -0.2) is 0 Å². The lowest BCUT2D eigenvalue weighted by molar-refractivity contribution is -0.122. The zero-order chi connectivity index (χ0) is 16.8. The molecule has 0 aliphatic carbocycles. The topological polar surface area (TPSA) is 96.1 Å². The second-order valence-electron chi connectivity index (χ2n) is 4.88. The zero-order valence-electron chi connectivity index (χ0n) is 12.5. The first-order valence-corrected chi connectivity index (χ1v) is 8.05. The molecule has 3 rings (SSSR count). The highest BCUT2D eigenvalue weighted by Crippen LogP contribution is 2.23. The van der Waals surface area contributed by atoms with Crippen LogP contribution in [0.4, 0.5) is 5.69 Å². The van der Waals surface area contributed by atoms with Gasteiger partial charge in [0.1, 0.15) is 11.0 Å². The fourth-order valence-corrected chi connectivity index (χ4v) is 2.92. The van der Waals surface area contributed by atoms with Crippen LogP contribution in [0.1, 0.15) is 12.2 Å². The van der Waals surface area contributed by atoms with Crippen LogP contribution in [-0.4, -0.2) is 28.4 Å². The average molecular weight is 342 g/mol. The highest BCUT2D eigenvalue weighted by Gasteiger charge is 2.32. The summed E-state index contributed by atoms with van der Waals surface area (Å²) in [7, 11) is 0. The minimum atomic E-state index is -0.522. The van der Waals surface area contributed by atoms with Crippen LogP contribution in [0, 0.1) is 0 Å². The number of hydrogen-bond acceptors (Lipinski definition) is 6. The third kappa shape index (κ3) is 4.32. The second-order valence-corrected chi connectivity index (χ2v) is 6.07. The summed E-state index contributed by atoms with van der Waals surface area (Å²) in [6.07, 6.45) is 3.03. The van der Waals surface area contributed by atoms with Gasteiger partial charge in [0.2, 0.25) is 11.8 Å². The van der Waals surface area contributed by atoms with E-state index in [-0.39, 0.29) is 18.2 Å². The molecule has 0 spiro atoms. The van der Waals surface area contributed by atoms with E-state index in [1.54, 1.807) is 24.3 Å². The smallest absolute Gasteiger partial charge is 0.240 e.